The van der Waals surface area contributed by atoms with Gasteiger partial charge in [0.1, 0.15) is 23.1 Å². The maximum Gasteiger partial charge on any atom is 0.123 e. The van der Waals surface area contributed by atoms with Crippen LogP contribution in [0.15, 0.2) is 83.5 Å². The van der Waals surface area contributed by atoms with Crippen molar-refractivity contribution in [1.82, 2.24) is 0 Å². The number of aromatic hydroxyl groups is 2. The molecule has 2 nitrogen and oxygen atoms in total. The van der Waals surface area contributed by atoms with Crippen LogP contribution in [0, 0.1) is 23.8 Å². The Morgan fingerprint density at radius 1 is 0.788 bits per heavy atom. The molecule has 33 heavy (non-hydrogen) atoms. The Morgan fingerprint density at radius 3 is 1.36 bits per heavy atom. The predicted octanol–water partition coefficient (Wildman–Crippen LogP) is 7.63. The van der Waals surface area contributed by atoms with Crippen LogP contribution < -0.4 is 0 Å². The van der Waals surface area contributed by atoms with Gasteiger partial charge in [0.05, 0.1) is 0 Å². The van der Waals surface area contributed by atoms with E-state index in [9.17, 15) is 8.78 Å². The number of benzene rings is 2. The molecule has 6 heteroatoms. The Bertz CT molecular complexity index is 871. The van der Waals surface area contributed by atoms with Gasteiger partial charge in [-0.2, -0.15) is 11.1 Å². The van der Waals surface area contributed by atoms with Crippen LogP contribution in [0.3, 0.4) is 0 Å². The summed E-state index contributed by atoms with van der Waals surface area (Å²) in [5, 5.41) is 17.2. The van der Waals surface area contributed by atoms with Crippen LogP contribution in [0.2, 0.25) is 13.1 Å². The molecule has 0 heterocycles. The number of halogens is 2. The molecule has 2 aromatic rings. The Hall–Kier alpha value is -2.04. The molecule has 0 saturated carbocycles. The fourth-order valence-corrected chi connectivity index (χ4v) is 2.11. The maximum atomic E-state index is 12.0. The van der Waals surface area contributed by atoms with E-state index in [0.29, 0.717) is 0 Å². The second-order valence-corrected chi connectivity index (χ2v) is 16.9. The normalized spacial score (nSPS) is 12.7. The van der Waals surface area contributed by atoms with Gasteiger partial charge in [-0.05, 0) is 48.5 Å². The molecule has 2 aliphatic rings. The van der Waals surface area contributed by atoms with Crippen LogP contribution in [0.1, 0.15) is 33.6 Å². The average Bonchev–Trinajstić information content (AvgIpc) is 3.38. The second-order valence-electron chi connectivity index (χ2n) is 7.54. The summed E-state index contributed by atoms with van der Waals surface area (Å²) in [5.41, 5.74) is 4.34. The fourth-order valence-electron chi connectivity index (χ4n) is 2.11. The van der Waals surface area contributed by atoms with E-state index in [1.165, 1.54) is 65.3 Å². The summed E-state index contributed by atoms with van der Waals surface area (Å²) in [6.45, 7) is 10.9. The van der Waals surface area contributed by atoms with Crippen LogP contribution in [0.25, 0.3) is 0 Å². The molecule has 2 aromatic carbocycles. The minimum absolute atomic E-state index is 0.0893. The zero-order chi connectivity index (χ0) is 25.2. The maximum absolute atomic E-state index is 12.0. The summed E-state index contributed by atoms with van der Waals surface area (Å²) < 4.78 is 24.0. The zero-order valence-electron chi connectivity index (χ0n) is 19.9. The summed E-state index contributed by atoms with van der Waals surface area (Å²) in [6, 6.07) is 10.0. The molecule has 4 rings (SSSR count). The standard InChI is InChI=1S/C7H9.2C6H5FO.C6H7.C2H6Si.Zr/c1-6-3-4-7(2)5-6;2*7-5-1-3-6(8)4-2-5;1-6-4-2-3-5-6;1-3-2;/h5H,3H2,1-2H3;2*1-4,8H;2,4H,5H2,1H3;1-2H3;/q-1;;;-1;;+2. The smallest absolute Gasteiger partial charge is 0.123 e. The van der Waals surface area contributed by atoms with E-state index in [0.717, 1.165) is 12.8 Å². The SMILES string of the molecule is CC1=CC=[C-]C1.CC1=[C-]CC(C)=C1.C[Si](C)=[Zr+2].Oc1ccc(F)cc1.Oc1ccc(F)cc1. The van der Waals surface area contributed by atoms with Gasteiger partial charge in [0.2, 0.25) is 0 Å². The third-order valence-corrected chi connectivity index (χ3v) is 3.63. The molecule has 0 fully saturated rings. The first-order valence-electron chi connectivity index (χ1n) is 10.4. The molecule has 0 spiro atoms. The van der Waals surface area contributed by atoms with Gasteiger partial charge in [-0.3, -0.25) is 12.2 Å². The van der Waals surface area contributed by atoms with E-state index < -0.39 is 0 Å². The van der Waals surface area contributed by atoms with Crippen LogP contribution in [0.5, 0.6) is 11.5 Å². The van der Waals surface area contributed by atoms with E-state index in [1.54, 1.807) is 23.3 Å². The van der Waals surface area contributed by atoms with Gasteiger partial charge in [0.15, 0.2) is 0 Å². The van der Waals surface area contributed by atoms with Crippen molar-refractivity contribution in [3.05, 3.63) is 107 Å². The Morgan fingerprint density at radius 2 is 1.21 bits per heavy atom. The first kappa shape index (κ1) is 31.0. The molecule has 0 unspecified atom stereocenters. The Kier molecular flexibility index (Phi) is 17.3. The van der Waals surface area contributed by atoms with E-state index in [2.05, 4.69) is 58.2 Å². The Balaban J connectivity index is 0.000000395. The van der Waals surface area contributed by atoms with Gasteiger partial charge in [0.25, 0.3) is 0 Å². The summed E-state index contributed by atoms with van der Waals surface area (Å²) in [4.78, 5) is 0. The average molecular weight is 546 g/mol. The minimum atomic E-state index is -0.331. The van der Waals surface area contributed by atoms with Crippen molar-refractivity contribution in [3.63, 3.8) is 0 Å². The van der Waals surface area contributed by atoms with Crippen molar-refractivity contribution in [2.45, 2.75) is 46.7 Å². The van der Waals surface area contributed by atoms with Crippen molar-refractivity contribution < 1.29 is 42.3 Å². The molecular formula is C27H32F2O2SiZr. The zero-order valence-corrected chi connectivity index (χ0v) is 23.4. The largest absolute Gasteiger partial charge is 0.508 e. The summed E-state index contributed by atoms with van der Waals surface area (Å²) in [7, 11) is 0. The quantitative estimate of drug-likeness (QED) is 0.264. The number of rotatable bonds is 0. The van der Waals surface area contributed by atoms with Gasteiger partial charge < -0.3 is 10.2 Å². The predicted molar refractivity (Wildman–Crippen MR) is 131 cm³/mol. The second kappa shape index (κ2) is 18.4. The van der Waals surface area contributed by atoms with Crippen LogP contribution in [-0.2, 0) is 23.3 Å². The molecule has 0 aromatic heterocycles. The molecule has 0 atom stereocenters. The van der Waals surface area contributed by atoms with Crippen molar-refractivity contribution in [3.8, 4) is 11.5 Å². The third kappa shape index (κ3) is 20.3. The molecule has 0 aliphatic heterocycles. The summed E-state index contributed by atoms with van der Waals surface area (Å²) in [5.74, 6) is -0.483. The molecule has 0 saturated heterocycles. The number of phenols is 2. The monoisotopic (exact) mass is 544 g/mol. The number of phenolic OH excluding ortho intramolecular Hbond substituents is 2. The fraction of sp³-hybridized carbons (Fsp3) is 0.259. The summed E-state index contributed by atoms with van der Waals surface area (Å²) in [6.07, 6.45) is 14.6. The van der Waals surface area contributed by atoms with Crippen LogP contribution in [-0.4, -0.2) is 15.6 Å². The van der Waals surface area contributed by atoms with Gasteiger partial charge in [-0.15, -0.1) is 12.8 Å². The Labute approximate surface area is 212 Å². The molecule has 174 valence electrons. The molecular weight excluding hydrogens is 514 g/mol. The van der Waals surface area contributed by atoms with Gasteiger partial charge >= 0.3 is 41.9 Å². The third-order valence-electron chi connectivity index (χ3n) is 3.63. The number of allylic oxidation sites excluding steroid dienone is 8. The molecule has 0 amide bonds. The van der Waals surface area contributed by atoms with Crippen molar-refractivity contribution >= 4 is 5.43 Å². The van der Waals surface area contributed by atoms with E-state index in [-0.39, 0.29) is 28.6 Å². The van der Waals surface area contributed by atoms with E-state index in [1.807, 2.05) is 6.08 Å². The van der Waals surface area contributed by atoms with Crippen molar-refractivity contribution in [2.75, 3.05) is 0 Å². The summed E-state index contributed by atoms with van der Waals surface area (Å²) >= 11 is 1.74. The minimum Gasteiger partial charge on any atom is -0.508 e. The first-order chi connectivity index (χ1) is 15.5. The van der Waals surface area contributed by atoms with Crippen LogP contribution in [0.4, 0.5) is 8.78 Å². The van der Waals surface area contributed by atoms with Crippen molar-refractivity contribution in [1.29, 1.82) is 0 Å². The first-order valence-corrected chi connectivity index (χ1v) is 16.6. The topological polar surface area (TPSA) is 40.5 Å². The van der Waals surface area contributed by atoms with E-state index >= 15 is 0 Å². The van der Waals surface area contributed by atoms with Gasteiger partial charge in [-0.25, -0.2) is 32.6 Å². The molecule has 0 bridgehead atoms. The van der Waals surface area contributed by atoms with Crippen molar-refractivity contribution in [2.24, 2.45) is 0 Å². The van der Waals surface area contributed by atoms with E-state index in [4.69, 9.17) is 10.2 Å². The molecule has 2 N–H and O–H groups in total. The number of hydrogen-bond donors (Lipinski definition) is 2. The van der Waals surface area contributed by atoms with Gasteiger partial charge in [-0.1, -0.05) is 20.8 Å². The molecule has 0 radical (unpaired) electrons. The van der Waals surface area contributed by atoms with Crippen LogP contribution >= 0.6 is 0 Å². The molecule has 2 aliphatic carbocycles. The number of hydrogen-bond acceptors (Lipinski definition) is 2. The van der Waals surface area contributed by atoms with Gasteiger partial charge in [0, 0.05) is 0 Å².